The summed E-state index contributed by atoms with van der Waals surface area (Å²) in [5.74, 6) is 0.672. The Morgan fingerprint density at radius 1 is 1.33 bits per heavy atom. The maximum absolute atomic E-state index is 12.2. The second-order valence-corrected chi connectivity index (χ2v) is 4.03. The lowest BCUT2D eigenvalue weighted by Gasteiger charge is -2.11. The average Bonchev–Trinajstić information content (AvgIpc) is 2.41. The summed E-state index contributed by atoms with van der Waals surface area (Å²) in [7, 11) is 1.57. The topological polar surface area (TPSA) is 48.3 Å². The maximum Gasteiger partial charge on any atom is 0.254 e. The summed E-state index contributed by atoms with van der Waals surface area (Å²) in [6.45, 7) is 1.99. The molecular weight excluding hydrogens is 230 g/mol. The summed E-state index contributed by atoms with van der Waals surface area (Å²) in [5.41, 5.74) is 1.34. The molecular formula is C14H15NO3. The number of nitrogens with zero attached hydrogens (tertiary/aromatic N) is 1. The van der Waals surface area contributed by atoms with Crippen molar-refractivity contribution in [2.75, 3.05) is 7.11 Å². The van der Waals surface area contributed by atoms with Crippen molar-refractivity contribution in [3.8, 4) is 5.75 Å². The molecule has 0 atom stereocenters. The molecule has 0 bridgehead atoms. The number of benzene rings is 1. The Hall–Kier alpha value is -2.10. The minimum atomic E-state index is -0.106. The van der Waals surface area contributed by atoms with Gasteiger partial charge in [0, 0.05) is 11.6 Å². The van der Waals surface area contributed by atoms with Crippen molar-refractivity contribution in [2.45, 2.75) is 19.9 Å². The van der Waals surface area contributed by atoms with E-state index in [1.807, 2.05) is 25.1 Å². The number of methoxy groups -OCH3 is 1. The summed E-state index contributed by atoms with van der Waals surface area (Å²) in [6.07, 6.45) is 1.39. The molecule has 0 fully saturated rings. The summed E-state index contributed by atoms with van der Waals surface area (Å²) in [5, 5.41) is 0.939. The fourth-order valence-corrected chi connectivity index (χ4v) is 2.05. The molecule has 94 valence electrons. The normalized spacial score (nSPS) is 10.6. The van der Waals surface area contributed by atoms with Crippen molar-refractivity contribution < 1.29 is 9.53 Å². The van der Waals surface area contributed by atoms with Gasteiger partial charge in [-0.25, -0.2) is 0 Å². The van der Waals surface area contributed by atoms with Gasteiger partial charge in [0.1, 0.15) is 12.0 Å². The lowest BCUT2D eigenvalue weighted by atomic mass is 10.1. The van der Waals surface area contributed by atoms with Gasteiger partial charge in [-0.1, -0.05) is 6.92 Å². The molecule has 0 spiro atoms. The molecule has 0 radical (unpaired) electrons. The molecule has 1 heterocycles. The van der Waals surface area contributed by atoms with Crippen LogP contribution in [0.2, 0.25) is 0 Å². The van der Waals surface area contributed by atoms with E-state index in [1.54, 1.807) is 13.2 Å². The highest BCUT2D eigenvalue weighted by molar-refractivity contribution is 5.81. The molecule has 0 N–H and O–H groups in total. The molecule has 2 rings (SSSR count). The van der Waals surface area contributed by atoms with E-state index in [4.69, 9.17) is 4.74 Å². The van der Waals surface area contributed by atoms with Crippen LogP contribution in [0.3, 0.4) is 0 Å². The van der Waals surface area contributed by atoms with Crippen LogP contribution >= 0.6 is 0 Å². The molecule has 1 aromatic heterocycles. The molecule has 0 aliphatic rings. The number of fused-ring (bicyclic) bond motifs is 1. The van der Waals surface area contributed by atoms with E-state index < -0.39 is 0 Å². The lowest BCUT2D eigenvalue weighted by molar-refractivity contribution is -0.108. The molecule has 0 aliphatic carbocycles. The Kier molecular flexibility index (Phi) is 3.46. The van der Waals surface area contributed by atoms with Crippen LogP contribution in [0, 0.1) is 0 Å². The number of hydrogen-bond acceptors (Lipinski definition) is 3. The third-order valence-corrected chi connectivity index (χ3v) is 3.02. The zero-order valence-corrected chi connectivity index (χ0v) is 10.5. The first-order valence-electron chi connectivity index (χ1n) is 5.85. The number of rotatable bonds is 4. The summed E-state index contributed by atoms with van der Waals surface area (Å²) in [4.78, 5) is 22.9. The third kappa shape index (κ3) is 2.01. The standard InChI is InChI=1S/C14H15NO3/c1-3-10-8-11-4-5-12(18-2)9-13(11)15(6-7-16)14(10)17/h4-5,7-9H,3,6H2,1-2H3. The first-order valence-corrected chi connectivity index (χ1v) is 5.85. The highest BCUT2D eigenvalue weighted by atomic mass is 16.5. The number of hydrogen-bond donors (Lipinski definition) is 0. The number of carbonyl (C=O) groups is 1. The van der Waals surface area contributed by atoms with E-state index in [1.165, 1.54) is 4.57 Å². The van der Waals surface area contributed by atoms with Crippen molar-refractivity contribution in [1.82, 2.24) is 4.57 Å². The van der Waals surface area contributed by atoms with E-state index in [0.29, 0.717) is 12.2 Å². The van der Waals surface area contributed by atoms with Gasteiger partial charge in [0.2, 0.25) is 0 Å². The Balaban J connectivity index is 2.82. The monoisotopic (exact) mass is 245 g/mol. The van der Waals surface area contributed by atoms with Crippen molar-refractivity contribution in [1.29, 1.82) is 0 Å². The van der Waals surface area contributed by atoms with E-state index in [0.717, 1.165) is 22.8 Å². The van der Waals surface area contributed by atoms with Gasteiger partial charge < -0.3 is 14.1 Å². The Morgan fingerprint density at radius 3 is 2.72 bits per heavy atom. The van der Waals surface area contributed by atoms with Crippen molar-refractivity contribution >= 4 is 17.2 Å². The van der Waals surface area contributed by atoms with Crippen molar-refractivity contribution in [3.63, 3.8) is 0 Å². The number of aromatic nitrogens is 1. The molecule has 4 nitrogen and oxygen atoms in total. The van der Waals surface area contributed by atoms with E-state index in [2.05, 4.69) is 0 Å². The van der Waals surface area contributed by atoms with Gasteiger partial charge in [-0.15, -0.1) is 0 Å². The number of aryl methyl sites for hydroxylation is 1. The van der Waals surface area contributed by atoms with Crippen molar-refractivity contribution in [3.05, 3.63) is 40.2 Å². The van der Waals surface area contributed by atoms with Gasteiger partial charge >= 0.3 is 0 Å². The van der Waals surface area contributed by atoms with Crippen LogP contribution in [0.15, 0.2) is 29.1 Å². The molecule has 1 aromatic carbocycles. The molecule has 0 saturated heterocycles. The maximum atomic E-state index is 12.2. The number of ether oxygens (including phenoxy) is 1. The fraction of sp³-hybridized carbons (Fsp3) is 0.286. The predicted octanol–water partition coefficient (Wildman–Crippen LogP) is 1.77. The van der Waals surface area contributed by atoms with Gasteiger partial charge in [0.15, 0.2) is 0 Å². The number of carbonyl (C=O) groups excluding carboxylic acids is 1. The van der Waals surface area contributed by atoms with Gasteiger partial charge in [-0.3, -0.25) is 4.79 Å². The highest BCUT2D eigenvalue weighted by Crippen LogP contribution is 2.20. The highest BCUT2D eigenvalue weighted by Gasteiger charge is 2.08. The number of pyridine rings is 1. The van der Waals surface area contributed by atoms with E-state index in [-0.39, 0.29) is 12.1 Å². The number of aldehydes is 1. The summed E-state index contributed by atoms with van der Waals surface area (Å²) >= 11 is 0. The Bertz CT molecular complexity index is 643. The van der Waals surface area contributed by atoms with Crippen LogP contribution in [0.5, 0.6) is 5.75 Å². The third-order valence-electron chi connectivity index (χ3n) is 3.02. The molecule has 2 aromatic rings. The van der Waals surface area contributed by atoms with Gasteiger partial charge in [0.25, 0.3) is 5.56 Å². The van der Waals surface area contributed by atoms with Crippen LogP contribution in [-0.4, -0.2) is 18.0 Å². The van der Waals surface area contributed by atoms with Crippen LogP contribution in [-0.2, 0) is 17.8 Å². The lowest BCUT2D eigenvalue weighted by Crippen LogP contribution is -2.24. The van der Waals surface area contributed by atoms with Crippen LogP contribution in [0.1, 0.15) is 12.5 Å². The summed E-state index contributed by atoms with van der Waals surface area (Å²) in [6, 6.07) is 7.39. The van der Waals surface area contributed by atoms with Gasteiger partial charge in [-0.2, -0.15) is 0 Å². The van der Waals surface area contributed by atoms with Crippen LogP contribution in [0.25, 0.3) is 10.9 Å². The zero-order chi connectivity index (χ0) is 13.1. The van der Waals surface area contributed by atoms with E-state index in [9.17, 15) is 9.59 Å². The molecule has 0 amide bonds. The smallest absolute Gasteiger partial charge is 0.254 e. The predicted molar refractivity (Wildman–Crippen MR) is 70.2 cm³/mol. The minimum absolute atomic E-state index is 0.0658. The minimum Gasteiger partial charge on any atom is -0.497 e. The first kappa shape index (κ1) is 12.4. The zero-order valence-electron chi connectivity index (χ0n) is 10.5. The molecule has 0 saturated carbocycles. The molecule has 0 unspecified atom stereocenters. The Labute approximate surface area is 105 Å². The molecule has 4 heteroatoms. The molecule has 0 aliphatic heterocycles. The largest absolute Gasteiger partial charge is 0.497 e. The van der Waals surface area contributed by atoms with Gasteiger partial charge in [0.05, 0.1) is 19.2 Å². The average molecular weight is 245 g/mol. The van der Waals surface area contributed by atoms with Gasteiger partial charge in [-0.05, 0) is 30.0 Å². The first-order chi connectivity index (χ1) is 8.71. The SMILES string of the molecule is CCc1cc2ccc(OC)cc2n(CC=O)c1=O. The fourth-order valence-electron chi connectivity index (χ4n) is 2.05. The second kappa shape index (κ2) is 5.04. The quantitative estimate of drug-likeness (QED) is 0.771. The van der Waals surface area contributed by atoms with E-state index >= 15 is 0 Å². The second-order valence-electron chi connectivity index (χ2n) is 4.03. The van der Waals surface area contributed by atoms with Crippen LogP contribution in [0.4, 0.5) is 0 Å². The van der Waals surface area contributed by atoms with Crippen LogP contribution < -0.4 is 10.3 Å². The Morgan fingerprint density at radius 2 is 2.11 bits per heavy atom. The van der Waals surface area contributed by atoms with Crippen molar-refractivity contribution in [2.24, 2.45) is 0 Å². The summed E-state index contributed by atoms with van der Waals surface area (Å²) < 4.78 is 6.64. The molecule has 18 heavy (non-hydrogen) atoms.